The Balaban J connectivity index is 1.98. The third-order valence-corrected chi connectivity index (χ3v) is 4.96. The molecular formula is C15H29N3O. The van der Waals surface area contributed by atoms with Crippen LogP contribution in [-0.2, 0) is 4.79 Å². The van der Waals surface area contributed by atoms with Crippen LogP contribution >= 0.6 is 0 Å². The van der Waals surface area contributed by atoms with Crippen LogP contribution in [0.1, 0.15) is 47.0 Å². The monoisotopic (exact) mass is 267 g/mol. The molecule has 110 valence electrons. The first-order valence-corrected chi connectivity index (χ1v) is 7.89. The summed E-state index contributed by atoms with van der Waals surface area (Å²) in [6.07, 6.45) is 3.75. The van der Waals surface area contributed by atoms with Gasteiger partial charge < -0.3 is 4.90 Å². The van der Waals surface area contributed by atoms with E-state index in [1.165, 1.54) is 19.4 Å². The van der Waals surface area contributed by atoms with Crippen molar-refractivity contribution in [2.75, 3.05) is 19.6 Å². The molecule has 0 radical (unpaired) electrons. The van der Waals surface area contributed by atoms with Crippen LogP contribution in [0.2, 0.25) is 0 Å². The van der Waals surface area contributed by atoms with Crippen molar-refractivity contribution in [1.29, 1.82) is 0 Å². The Bertz CT molecular complexity index is 321. The smallest absolute Gasteiger partial charge is 0.241 e. The molecule has 1 N–H and O–H groups in total. The van der Waals surface area contributed by atoms with Crippen LogP contribution in [-0.4, -0.2) is 53.6 Å². The molecule has 1 amide bonds. The molecule has 0 aromatic heterocycles. The summed E-state index contributed by atoms with van der Waals surface area (Å²) < 4.78 is 0. The fourth-order valence-corrected chi connectivity index (χ4v) is 3.43. The van der Waals surface area contributed by atoms with E-state index in [2.05, 4.69) is 42.8 Å². The molecule has 2 rings (SSSR count). The summed E-state index contributed by atoms with van der Waals surface area (Å²) in [6, 6.07) is 0.588. The van der Waals surface area contributed by atoms with Gasteiger partial charge in [0.1, 0.15) is 0 Å². The Morgan fingerprint density at radius 2 is 2.16 bits per heavy atom. The Morgan fingerprint density at radius 3 is 2.79 bits per heavy atom. The number of carbonyl (C=O) groups is 1. The molecule has 2 heterocycles. The van der Waals surface area contributed by atoms with Crippen LogP contribution < -0.4 is 5.32 Å². The predicted molar refractivity (Wildman–Crippen MR) is 77.8 cm³/mol. The molecule has 19 heavy (non-hydrogen) atoms. The molecule has 4 unspecified atom stereocenters. The second-order valence-electron chi connectivity index (χ2n) is 6.12. The molecule has 0 bridgehead atoms. The fourth-order valence-electron chi connectivity index (χ4n) is 3.43. The Kier molecular flexibility index (Phi) is 4.85. The molecule has 0 aromatic carbocycles. The number of nitrogens with one attached hydrogen (secondary N) is 1. The lowest BCUT2D eigenvalue weighted by atomic mass is 9.99. The molecule has 2 aliphatic heterocycles. The van der Waals surface area contributed by atoms with Gasteiger partial charge in [-0.15, -0.1) is 0 Å². The summed E-state index contributed by atoms with van der Waals surface area (Å²) in [4.78, 5) is 17.1. The van der Waals surface area contributed by atoms with Gasteiger partial charge in [0.15, 0.2) is 0 Å². The minimum absolute atomic E-state index is 0.0245. The molecule has 2 fully saturated rings. The standard InChI is InChI=1S/C15H29N3O/c1-5-11(3)14-15(19)18(12(4)16-14)10-13-8-7-9-17(13)6-2/h11-14,16H,5-10H2,1-4H3. The highest BCUT2D eigenvalue weighted by molar-refractivity contribution is 5.84. The molecule has 2 saturated heterocycles. The maximum Gasteiger partial charge on any atom is 0.241 e. The van der Waals surface area contributed by atoms with Gasteiger partial charge in [-0.1, -0.05) is 27.2 Å². The van der Waals surface area contributed by atoms with E-state index >= 15 is 0 Å². The van der Waals surface area contributed by atoms with Crippen molar-refractivity contribution in [3.05, 3.63) is 0 Å². The van der Waals surface area contributed by atoms with Gasteiger partial charge in [-0.05, 0) is 38.8 Å². The highest BCUT2D eigenvalue weighted by Crippen LogP contribution is 2.23. The van der Waals surface area contributed by atoms with Gasteiger partial charge in [0.2, 0.25) is 5.91 Å². The van der Waals surface area contributed by atoms with Crippen LogP contribution in [0.4, 0.5) is 0 Å². The Labute approximate surface area is 117 Å². The van der Waals surface area contributed by atoms with Crippen molar-refractivity contribution in [3.8, 4) is 0 Å². The number of carbonyl (C=O) groups excluding carboxylic acids is 1. The van der Waals surface area contributed by atoms with Gasteiger partial charge in [-0.2, -0.15) is 0 Å². The summed E-state index contributed by atoms with van der Waals surface area (Å²) >= 11 is 0. The average molecular weight is 267 g/mol. The zero-order valence-corrected chi connectivity index (χ0v) is 12.9. The zero-order valence-electron chi connectivity index (χ0n) is 12.9. The second-order valence-corrected chi connectivity index (χ2v) is 6.12. The zero-order chi connectivity index (χ0) is 14.0. The van der Waals surface area contributed by atoms with E-state index in [0.29, 0.717) is 17.9 Å². The van der Waals surface area contributed by atoms with E-state index in [0.717, 1.165) is 19.5 Å². The van der Waals surface area contributed by atoms with Crippen molar-refractivity contribution >= 4 is 5.91 Å². The lowest BCUT2D eigenvalue weighted by Crippen LogP contribution is -2.44. The number of rotatable bonds is 5. The molecule has 0 saturated carbocycles. The van der Waals surface area contributed by atoms with Crippen LogP contribution in [0.25, 0.3) is 0 Å². The maximum absolute atomic E-state index is 12.5. The lowest BCUT2D eigenvalue weighted by molar-refractivity contribution is -0.131. The molecule has 0 aliphatic carbocycles. The van der Waals surface area contributed by atoms with E-state index in [1.807, 2.05) is 0 Å². The SMILES string of the molecule is CCC(C)C1NC(C)N(CC2CCCN2CC)C1=O. The molecule has 0 aromatic rings. The van der Waals surface area contributed by atoms with E-state index in [1.54, 1.807) is 0 Å². The number of hydrogen-bond acceptors (Lipinski definition) is 3. The highest BCUT2D eigenvalue weighted by Gasteiger charge is 2.40. The quantitative estimate of drug-likeness (QED) is 0.823. The summed E-state index contributed by atoms with van der Waals surface area (Å²) in [5.41, 5.74) is 0. The van der Waals surface area contributed by atoms with Crippen LogP contribution in [0.3, 0.4) is 0 Å². The first kappa shape index (κ1) is 14.8. The molecule has 4 atom stereocenters. The van der Waals surface area contributed by atoms with Gasteiger partial charge in [-0.25, -0.2) is 0 Å². The average Bonchev–Trinajstić information content (AvgIpc) is 2.97. The van der Waals surface area contributed by atoms with Crippen molar-refractivity contribution in [2.24, 2.45) is 5.92 Å². The summed E-state index contributed by atoms with van der Waals surface area (Å²) in [6.45, 7) is 11.8. The first-order chi connectivity index (χ1) is 9.08. The normalized spacial score (nSPS) is 34.2. The van der Waals surface area contributed by atoms with Crippen LogP contribution in [0.15, 0.2) is 0 Å². The minimum Gasteiger partial charge on any atom is -0.325 e. The van der Waals surface area contributed by atoms with Gasteiger partial charge in [0, 0.05) is 12.6 Å². The van der Waals surface area contributed by atoms with Crippen molar-refractivity contribution in [3.63, 3.8) is 0 Å². The lowest BCUT2D eigenvalue weighted by Gasteiger charge is -2.29. The molecule has 4 nitrogen and oxygen atoms in total. The number of nitrogens with zero attached hydrogens (tertiary/aromatic N) is 2. The number of likely N-dealkylation sites (N-methyl/N-ethyl adjacent to an activating group) is 1. The van der Waals surface area contributed by atoms with Crippen LogP contribution in [0.5, 0.6) is 0 Å². The number of likely N-dealkylation sites (tertiary alicyclic amines) is 1. The third-order valence-electron chi connectivity index (χ3n) is 4.96. The largest absolute Gasteiger partial charge is 0.325 e. The van der Waals surface area contributed by atoms with E-state index in [4.69, 9.17) is 0 Å². The van der Waals surface area contributed by atoms with E-state index < -0.39 is 0 Å². The van der Waals surface area contributed by atoms with Crippen LogP contribution in [0, 0.1) is 5.92 Å². The molecule has 0 spiro atoms. The highest BCUT2D eigenvalue weighted by atomic mass is 16.2. The van der Waals surface area contributed by atoms with E-state index in [-0.39, 0.29) is 12.2 Å². The third kappa shape index (κ3) is 2.95. The Hall–Kier alpha value is -0.610. The fraction of sp³-hybridized carbons (Fsp3) is 0.933. The van der Waals surface area contributed by atoms with Gasteiger partial charge >= 0.3 is 0 Å². The second kappa shape index (κ2) is 6.23. The molecular weight excluding hydrogens is 238 g/mol. The number of amides is 1. The number of hydrogen-bond donors (Lipinski definition) is 1. The predicted octanol–water partition coefficient (Wildman–Crippen LogP) is 1.66. The van der Waals surface area contributed by atoms with Crippen molar-refractivity contribution in [1.82, 2.24) is 15.1 Å². The van der Waals surface area contributed by atoms with Crippen molar-refractivity contribution in [2.45, 2.75) is 65.2 Å². The van der Waals surface area contributed by atoms with Gasteiger partial charge in [0.05, 0.1) is 12.2 Å². The summed E-state index contributed by atoms with van der Waals surface area (Å²) in [7, 11) is 0. The van der Waals surface area contributed by atoms with Gasteiger partial charge in [0.25, 0.3) is 0 Å². The van der Waals surface area contributed by atoms with E-state index in [9.17, 15) is 4.79 Å². The maximum atomic E-state index is 12.5. The van der Waals surface area contributed by atoms with Gasteiger partial charge in [-0.3, -0.25) is 15.0 Å². The first-order valence-electron chi connectivity index (χ1n) is 7.89. The topological polar surface area (TPSA) is 35.6 Å². The Morgan fingerprint density at radius 1 is 1.42 bits per heavy atom. The summed E-state index contributed by atoms with van der Waals surface area (Å²) in [5, 5.41) is 3.47. The molecule has 2 aliphatic rings. The van der Waals surface area contributed by atoms with Crippen molar-refractivity contribution < 1.29 is 4.79 Å². The summed E-state index contributed by atoms with van der Waals surface area (Å²) in [5.74, 6) is 0.732. The molecule has 4 heteroatoms. The minimum atomic E-state index is 0.0245.